The molecule has 0 bridgehead atoms. The van der Waals surface area contributed by atoms with Crippen molar-refractivity contribution >= 4 is 27.7 Å². The van der Waals surface area contributed by atoms with Gasteiger partial charge in [-0.2, -0.15) is 5.10 Å². The second kappa shape index (κ2) is 5.76. The monoisotopic (exact) mass is 363 g/mol. The molecule has 1 amide bonds. The van der Waals surface area contributed by atoms with Gasteiger partial charge in [-0.1, -0.05) is 12.1 Å². The lowest BCUT2D eigenvalue weighted by Gasteiger charge is -2.08. The third kappa shape index (κ3) is 2.80. The molecule has 112 valence electrons. The maximum absolute atomic E-state index is 13.9. The molecule has 3 aromatic rings. The Bertz CT molecular complexity index is 841. The van der Waals surface area contributed by atoms with Gasteiger partial charge >= 0.3 is 0 Å². The first kappa shape index (κ1) is 14.5. The number of furan rings is 1. The predicted molar refractivity (Wildman–Crippen MR) is 82.6 cm³/mol. The van der Waals surface area contributed by atoms with Crippen molar-refractivity contribution in [3.63, 3.8) is 0 Å². The lowest BCUT2D eigenvalue weighted by molar-refractivity contribution is 0.0994. The summed E-state index contributed by atoms with van der Waals surface area (Å²) in [5.74, 6) is -0.365. The van der Waals surface area contributed by atoms with Gasteiger partial charge in [0.25, 0.3) is 5.91 Å². The average molecular weight is 364 g/mol. The normalized spacial score (nSPS) is 10.7. The van der Waals surface area contributed by atoms with E-state index in [0.29, 0.717) is 16.2 Å². The number of aryl methyl sites for hydroxylation is 1. The number of carbonyl (C=O) groups is 1. The first-order valence-corrected chi connectivity index (χ1v) is 7.22. The van der Waals surface area contributed by atoms with Crippen LogP contribution >= 0.6 is 15.9 Å². The van der Waals surface area contributed by atoms with Crippen molar-refractivity contribution < 1.29 is 13.6 Å². The lowest BCUT2D eigenvalue weighted by Crippen LogP contribution is -2.15. The third-order valence-electron chi connectivity index (χ3n) is 2.95. The number of nitrogens with one attached hydrogen (secondary N) is 1. The Labute approximate surface area is 133 Å². The van der Waals surface area contributed by atoms with E-state index >= 15 is 0 Å². The molecule has 3 rings (SSSR count). The summed E-state index contributed by atoms with van der Waals surface area (Å²) in [4.78, 5) is 12.1. The molecule has 0 radical (unpaired) electrons. The van der Waals surface area contributed by atoms with E-state index in [-0.39, 0.29) is 11.4 Å². The average Bonchev–Trinajstić information content (AvgIpc) is 3.06. The van der Waals surface area contributed by atoms with Crippen molar-refractivity contribution in [2.45, 2.75) is 6.92 Å². The van der Waals surface area contributed by atoms with Crippen LogP contribution in [-0.4, -0.2) is 15.7 Å². The minimum Gasteiger partial charge on any atom is -0.444 e. The molecular formula is C15H11BrFN3O2. The summed E-state index contributed by atoms with van der Waals surface area (Å²) in [6, 6.07) is 11.0. The number of halogens is 2. The number of amides is 1. The van der Waals surface area contributed by atoms with Gasteiger partial charge in [0.15, 0.2) is 10.4 Å². The van der Waals surface area contributed by atoms with Gasteiger partial charge in [0.1, 0.15) is 17.3 Å². The predicted octanol–water partition coefficient (Wildman–Crippen LogP) is 3.93. The summed E-state index contributed by atoms with van der Waals surface area (Å²) in [5.41, 5.74) is 0.908. The summed E-state index contributed by atoms with van der Waals surface area (Å²) >= 11 is 3.14. The number of rotatable bonds is 3. The van der Waals surface area contributed by atoms with E-state index < -0.39 is 11.7 Å². The second-order valence-corrected chi connectivity index (χ2v) is 5.37. The number of hydrogen-bond acceptors (Lipinski definition) is 3. The molecule has 0 spiro atoms. The van der Waals surface area contributed by atoms with Crippen molar-refractivity contribution in [1.29, 1.82) is 0 Å². The van der Waals surface area contributed by atoms with Gasteiger partial charge in [0, 0.05) is 6.07 Å². The molecule has 0 fully saturated rings. The molecule has 2 heterocycles. The Balaban J connectivity index is 1.95. The summed E-state index contributed by atoms with van der Waals surface area (Å²) in [6.07, 6.45) is 0. The van der Waals surface area contributed by atoms with E-state index in [1.807, 2.05) is 0 Å². The van der Waals surface area contributed by atoms with Crippen molar-refractivity contribution in [2.75, 3.05) is 5.32 Å². The SMILES string of the molecule is Cc1cc(NC(=O)c2ccc(Br)o2)n(-c2ccccc2F)n1. The minimum absolute atomic E-state index is 0.144. The van der Waals surface area contributed by atoms with E-state index in [1.165, 1.54) is 16.8 Å². The first-order valence-electron chi connectivity index (χ1n) is 6.43. The van der Waals surface area contributed by atoms with Crippen LogP contribution in [0.15, 0.2) is 51.6 Å². The fraction of sp³-hybridized carbons (Fsp3) is 0.0667. The highest BCUT2D eigenvalue weighted by Gasteiger charge is 2.16. The fourth-order valence-electron chi connectivity index (χ4n) is 2.01. The Morgan fingerprint density at radius 3 is 2.77 bits per heavy atom. The number of hydrogen-bond donors (Lipinski definition) is 1. The summed E-state index contributed by atoms with van der Waals surface area (Å²) in [6.45, 7) is 1.76. The van der Waals surface area contributed by atoms with E-state index in [9.17, 15) is 9.18 Å². The molecule has 0 aliphatic carbocycles. The molecule has 0 saturated heterocycles. The van der Waals surface area contributed by atoms with Crippen LogP contribution in [0.2, 0.25) is 0 Å². The third-order valence-corrected chi connectivity index (χ3v) is 3.38. The summed E-state index contributed by atoms with van der Waals surface area (Å²) in [5, 5.41) is 6.88. The van der Waals surface area contributed by atoms with E-state index in [2.05, 4.69) is 26.3 Å². The van der Waals surface area contributed by atoms with Crippen LogP contribution in [0.4, 0.5) is 10.2 Å². The second-order valence-electron chi connectivity index (χ2n) is 4.59. The van der Waals surface area contributed by atoms with Gasteiger partial charge in [-0.05, 0) is 47.1 Å². The molecule has 5 nitrogen and oxygen atoms in total. The first-order chi connectivity index (χ1) is 10.5. The summed E-state index contributed by atoms with van der Waals surface area (Å²) in [7, 11) is 0. The van der Waals surface area contributed by atoms with E-state index in [1.54, 1.807) is 37.3 Å². The Morgan fingerprint density at radius 1 is 1.32 bits per heavy atom. The van der Waals surface area contributed by atoms with Crippen molar-refractivity contribution in [3.05, 3.63) is 64.4 Å². The quantitative estimate of drug-likeness (QED) is 0.766. The molecule has 7 heteroatoms. The van der Waals surface area contributed by atoms with Gasteiger partial charge in [0.05, 0.1) is 5.69 Å². The Hall–Kier alpha value is -2.41. The van der Waals surface area contributed by atoms with Crippen LogP contribution in [-0.2, 0) is 0 Å². The lowest BCUT2D eigenvalue weighted by atomic mass is 10.3. The molecule has 0 aliphatic heterocycles. The summed E-state index contributed by atoms with van der Waals surface area (Å²) < 4.78 is 20.9. The van der Waals surface area contributed by atoms with Gasteiger partial charge < -0.3 is 9.73 Å². The Morgan fingerprint density at radius 2 is 2.09 bits per heavy atom. The molecular weight excluding hydrogens is 353 g/mol. The molecule has 1 aromatic carbocycles. The number of anilines is 1. The number of benzene rings is 1. The molecule has 0 saturated carbocycles. The highest BCUT2D eigenvalue weighted by Crippen LogP contribution is 2.21. The van der Waals surface area contributed by atoms with Crippen LogP contribution in [0.3, 0.4) is 0 Å². The molecule has 0 aliphatic rings. The molecule has 2 aromatic heterocycles. The minimum atomic E-state index is -0.441. The molecule has 22 heavy (non-hydrogen) atoms. The smallest absolute Gasteiger partial charge is 0.292 e. The van der Waals surface area contributed by atoms with Crippen molar-refractivity contribution in [3.8, 4) is 5.69 Å². The topological polar surface area (TPSA) is 60.1 Å². The number of aromatic nitrogens is 2. The zero-order valence-electron chi connectivity index (χ0n) is 11.5. The molecule has 0 unspecified atom stereocenters. The maximum atomic E-state index is 13.9. The van der Waals surface area contributed by atoms with Crippen LogP contribution in [0.5, 0.6) is 0 Å². The zero-order valence-corrected chi connectivity index (χ0v) is 13.1. The highest BCUT2D eigenvalue weighted by molar-refractivity contribution is 9.10. The van der Waals surface area contributed by atoms with Crippen molar-refractivity contribution in [2.24, 2.45) is 0 Å². The number of nitrogens with zero attached hydrogens (tertiary/aromatic N) is 2. The van der Waals surface area contributed by atoms with Gasteiger partial charge in [-0.3, -0.25) is 4.79 Å². The number of para-hydroxylation sites is 1. The van der Waals surface area contributed by atoms with Crippen LogP contribution < -0.4 is 5.32 Å². The van der Waals surface area contributed by atoms with Gasteiger partial charge in [-0.25, -0.2) is 9.07 Å². The molecule has 0 atom stereocenters. The fourth-order valence-corrected chi connectivity index (χ4v) is 2.32. The van der Waals surface area contributed by atoms with E-state index in [4.69, 9.17) is 4.42 Å². The Kier molecular flexibility index (Phi) is 3.81. The van der Waals surface area contributed by atoms with Gasteiger partial charge in [0.2, 0.25) is 0 Å². The maximum Gasteiger partial charge on any atom is 0.292 e. The van der Waals surface area contributed by atoms with Crippen LogP contribution in [0.1, 0.15) is 16.2 Å². The highest BCUT2D eigenvalue weighted by atomic mass is 79.9. The molecule has 1 N–H and O–H groups in total. The number of carbonyl (C=O) groups excluding carboxylic acids is 1. The van der Waals surface area contributed by atoms with E-state index in [0.717, 1.165) is 0 Å². The van der Waals surface area contributed by atoms with Gasteiger partial charge in [-0.15, -0.1) is 0 Å². The van der Waals surface area contributed by atoms with Crippen LogP contribution in [0.25, 0.3) is 5.69 Å². The largest absolute Gasteiger partial charge is 0.444 e. The standard InChI is InChI=1S/C15H11BrFN3O2/c1-9-8-14(18-15(21)12-6-7-13(16)22-12)20(19-9)11-5-3-2-4-10(11)17/h2-8H,1H3,(H,18,21). The van der Waals surface area contributed by atoms with Crippen molar-refractivity contribution in [1.82, 2.24) is 9.78 Å². The van der Waals surface area contributed by atoms with Crippen LogP contribution in [0, 0.1) is 12.7 Å². The zero-order chi connectivity index (χ0) is 15.7.